The maximum atomic E-state index is 6.29. The van der Waals surface area contributed by atoms with E-state index < -0.39 is 0 Å². The molecule has 0 fully saturated rings. The van der Waals surface area contributed by atoms with Crippen molar-refractivity contribution >= 4 is 0 Å². The van der Waals surface area contributed by atoms with E-state index >= 15 is 0 Å². The largest absolute Gasteiger partial charge is 0.385 e. The molecule has 16 heavy (non-hydrogen) atoms. The van der Waals surface area contributed by atoms with Crippen LogP contribution in [0, 0.1) is 11.3 Å². The minimum Gasteiger partial charge on any atom is -0.385 e. The minimum atomic E-state index is 0.0649. The van der Waals surface area contributed by atoms with Crippen LogP contribution in [-0.2, 0) is 9.47 Å². The molecule has 0 aromatic carbocycles. The summed E-state index contributed by atoms with van der Waals surface area (Å²) in [5.74, 6) is 0.413. The van der Waals surface area contributed by atoms with E-state index in [1.54, 1.807) is 7.11 Å². The molecule has 0 aromatic heterocycles. The predicted octanol–water partition coefficient (Wildman–Crippen LogP) is 2.44. The Morgan fingerprint density at radius 3 is 2.19 bits per heavy atom. The summed E-state index contributed by atoms with van der Waals surface area (Å²) in [5, 5.41) is 0. The van der Waals surface area contributed by atoms with E-state index in [0.717, 1.165) is 13.0 Å². The summed E-state index contributed by atoms with van der Waals surface area (Å²) < 4.78 is 10.9. The molecule has 3 nitrogen and oxygen atoms in total. The Morgan fingerprint density at radius 2 is 1.81 bits per heavy atom. The lowest BCUT2D eigenvalue weighted by Gasteiger charge is -2.37. The van der Waals surface area contributed by atoms with E-state index in [4.69, 9.17) is 15.2 Å². The van der Waals surface area contributed by atoms with Crippen LogP contribution >= 0.6 is 0 Å². The van der Waals surface area contributed by atoms with Crippen molar-refractivity contribution in [2.75, 3.05) is 20.3 Å². The van der Waals surface area contributed by atoms with E-state index in [0.29, 0.717) is 12.5 Å². The fraction of sp³-hybridized carbons (Fsp3) is 1.00. The fourth-order valence-electron chi connectivity index (χ4n) is 1.91. The molecule has 0 saturated heterocycles. The van der Waals surface area contributed by atoms with Gasteiger partial charge in [0.2, 0.25) is 0 Å². The highest BCUT2D eigenvalue weighted by Crippen LogP contribution is 2.28. The summed E-state index contributed by atoms with van der Waals surface area (Å²) in [6.07, 6.45) is 1.08. The second-order valence-electron chi connectivity index (χ2n) is 5.58. The van der Waals surface area contributed by atoms with Crippen LogP contribution in [0.5, 0.6) is 0 Å². The SMILES string of the molecule is CCOC(C(N)C(C)CCOC)C(C)(C)C. The molecule has 0 aliphatic rings. The molecule has 0 aliphatic heterocycles. The zero-order valence-corrected chi connectivity index (χ0v) is 11.7. The second-order valence-corrected chi connectivity index (χ2v) is 5.58. The Balaban J connectivity index is 4.42. The number of rotatable bonds is 7. The standard InChI is InChI=1S/C13H29NO2/c1-7-16-12(13(3,4)5)11(14)10(2)8-9-15-6/h10-12H,7-9,14H2,1-6H3. The van der Waals surface area contributed by atoms with Crippen molar-refractivity contribution in [1.29, 1.82) is 0 Å². The summed E-state index contributed by atoms with van der Waals surface area (Å²) in [6, 6.07) is 0.0649. The molecular formula is C13H29NO2. The lowest BCUT2D eigenvalue weighted by molar-refractivity contribution is -0.0402. The van der Waals surface area contributed by atoms with E-state index in [2.05, 4.69) is 27.7 Å². The first-order valence-corrected chi connectivity index (χ1v) is 6.20. The average Bonchev–Trinajstić information content (AvgIpc) is 2.19. The lowest BCUT2D eigenvalue weighted by Crippen LogP contribution is -2.49. The maximum Gasteiger partial charge on any atom is 0.0776 e. The molecule has 0 radical (unpaired) electrons. The molecule has 0 aliphatic carbocycles. The minimum absolute atomic E-state index is 0.0649. The molecule has 0 heterocycles. The number of methoxy groups -OCH3 is 1. The quantitative estimate of drug-likeness (QED) is 0.732. The Hall–Kier alpha value is -0.120. The Kier molecular flexibility index (Phi) is 7.20. The molecular weight excluding hydrogens is 202 g/mol. The van der Waals surface area contributed by atoms with Gasteiger partial charge in [0.25, 0.3) is 0 Å². The Morgan fingerprint density at radius 1 is 1.25 bits per heavy atom. The molecule has 2 N–H and O–H groups in total. The van der Waals surface area contributed by atoms with E-state index in [9.17, 15) is 0 Å². The highest BCUT2D eigenvalue weighted by molar-refractivity contribution is 4.87. The smallest absolute Gasteiger partial charge is 0.0776 e. The van der Waals surface area contributed by atoms with Crippen molar-refractivity contribution in [2.45, 2.75) is 53.2 Å². The van der Waals surface area contributed by atoms with Crippen LogP contribution in [0.1, 0.15) is 41.0 Å². The maximum absolute atomic E-state index is 6.29. The molecule has 3 atom stereocenters. The summed E-state index contributed by atoms with van der Waals surface area (Å²) in [5.41, 5.74) is 6.37. The third-order valence-corrected chi connectivity index (χ3v) is 2.98. The molecule has 0 saturated carbocycles. The van der Waals surface area contributed by atoms with Crippen LogP contribution in [0.15, 0.2) is 0 Å². The van der Waals surface area contributed by atoms with Gasteiger partial charge >= 0.3 is 0 Å². The molecule has 3 heteroatoms. The zero-order chi connectivity index (χ0) is 12.8. The van der Waals surface area contributed by atoms with Crippen molar-refractivity contribution in [2.24, 2.45) is 17.1 Å². The van der Waals surface area contributed by atoms with Crippen LogP contribution < -0.4 is 5.73 Å². The first-order valence-electron chi connectivity index (χ1n) is 6.20. The Bertz CT molecular complexity index is 177. The molecule has 3 unspecified atom stereocenters. The number of hydrogen-bond donors (Lipinski definition) is 1. The third-order valence-electron chi connectivity index (χ3n) is 2.98. The molecule has 0 aromatic rings. The molecule has 0 amide bonds. The van der Waals surface area contributed by atoms with E-state index in [-0.39, 0.29) is 17.6 Å². The van der Waals surface area contributed by atoms with Gasteiger partial charge in [0.1, 0.15) is 0 Å². The van der Waals surface area contributed by atoms with Gasteiger partial charge in [0, 0.05) is 26.4 Å². The van der Waals surface area contributed by atoms with Gasteiger partial charge in [-0.1, -0.05) is 27.7 Å². The van der Waals surface area contributed by atoms with Gasteiger partial charge in [-0.3, -0.25) is 0 Å². The van der Waals surface area contributed by atoms with Gasteiger partial charge in [-0.05, 0) is 24.7 Å². The average molecular weight is 231 g/mol. The number of nitrogens with two attached hydrogens (primary N) is 1. The van der Waals surface area contributed by atoms with Crippen molar-refractivity contribution in [3.8, 4) is 0 Å². The van der Waals surface area contributed by atoms with Gasteiger partial charge in [-0.25, -0.2) is 0 Å². The van der Waals surface area contributed by atoms with Crippen LogP contribution in [0.2, 0.25) is 0 Å². The first kappa shape index (κ1) is 15.9. The topological polar surface area (TPSA) is 44.5 Å². The number of ether oxygens (including phenoxy) is 2. The van der Waals surface area contributed by atoms with Gasteiger partial charge in [-0.15, -0.1) is 0 Å². The zero-order valence-electron chi connectivity index (χ0n) is 11.7. The van der Waals surface area contributed by atoms with Gasteiger partial charge in [-0.2, -0.15) is 0 Å². The monoisotopic (exact) mass is 231 g/mol. The third kappa shape index (κ3) is 5.28. The summed E-state index contributed by atoms with van der Waals surface area (Å²) in [7, 11) is 1.72. The molecule has 98 valence electrons. The second kappa shape index (κ2) is 7.25. The van der Waals surface area contributed by atoms with E-state index in [1.807, 2.05) is 6.92 Å². The van der Waals surface area contributed by atoms with E-state index in [1.165, 1.54) is 0 Å². The summed E-state index contributed by atoms with van der Waals surface area (Å²) in [4.78, 5) is 0. The van der Waals surface area contributed by atoms with Crippen LogP contribution in [0.3, 0.4) is 0 Å². The highest BCUT2D eigenvalue weighted by Gasteiger charge is 2.33. The fourth-order valence-corrected chi connectivity index (χ4v) is 1.91. The highest BCUT2D eigenvalue weighted by atomic mass is 16.5. The molecule has 0 bridgehead atoms. The number of hydrogen-bond acceptors (Lipinski definition) is 3. The predicted molar refractivity (Wildman–Crippen MR) is 68.5 cm³/mol. The van der Waals surface area contributed by atoms with Crippen LogP contribution in [0.25, 0.3) is 0 Å². The van der Waals surface area contributed by atoms with Crippen molar-refractivity contribution < 1.29 is 9.47 Å². The lowest BCUT2D eigenvalue weighted by atomic mass is 9.80. The first-order chi connectivity index (χ1) is 7.34. The summed E-state index contributed by atoms with van der Waals surface area (Å²) >= 11 is 0. The molecule has 0 rings (SSSR count). The van der Waals surface area contributed by atoms with Crippen molar-refractivity contribution in [3.63, 3.8) is 0 Å². The normalized spacial score (nSPS) is 18.2. The molecule has 0 spiro atoms. The summed E-state index contributed by atoms with van der Waals surface area (Å²) in [6.45, 7) is 12.2. The Labute approximate surface area is 101 Å². The van der Waals surface area contributed by atoms with Crippen LogP contribution in [0.4, 0.5) is 0 Å². The van der Waals surface area contributed by atoms with Crippen molar-refractivity contribution in [3.05, 3.63) is 0 Å². The van der Waals surface area contributed by atoms with Crippen molar-refractivity contribution in [1.82, 2.24) is 0 Å². The van der Waals surface area contributed by atoms with Gasteiger partial charge < -0.3 is 15.2 Å². The van der Waals surface area contributed by atoms with Gasteiger partial charge in [0.05, 0.1) is 6.10 Å². The van der Waals surface area contributed by atoms with Gasteiger partial charge in [0.15, 0.2) is 0 Å². The van der Waals surface area contributed by atoms with Crippen LogP contribution in [-0.4, -0.2) is 32.5 Å².